The Morgan fingerprint density at radius 3 is 0.892 bits per heavy atom. The van der Waals surface area contributed by atoms with Crippen molar-refractivity contribution in [3.63, 3.8) is 0 Å². The number of rotatable bonds is 55. The van der Waals surface area contributed by atoms with Gasteiger partial charge in [0.05, 0.1) is 0 Å². The molecule has 0 rings (SSSR count). The summed E-state index contributed by atoms with van der Waals surface area (Å²) in [6.45, 7) is 6.32. The maximum Gasteiger partial charge on any atom is 0.306 e. The third-order valence-corrected chi connectivity index (χ3v) is 13.0. The van der Waals surface area contributed by atoms with Crippen molar-refractivity contribution in [1.82, 2.24) is 0 Å². The summed E-state index contributed by atoms with van der Waals surface area (Å²) >= 11 is 0. The summed E-state index contributed by atoms with van der Waals surface area (Å²) < 4.78 is 16.8. The summed E-state index contributed by atoms with van der Waals surface area (Å²) in [4.78, 5) is 38.1. The van der Waals surface area contributed by atoms with Gasteiger partial charge in [0.1, 0.15) is 13.2 Å². The van der Waals surface area contributed by atoms with Crippen molar-refractivity contribution in [1.29, 1.82) is 0 Å². The van der Waals surface area contributed by atoms with Crippen molar-refractivity contribution < 1.29 is 28.6 Å². The lowest BCUT2D eigenvalue weighted by molar-refractivity contribution is -0.166. The Kier molecular flexibility index (Phi) is 58.3. The van der Waals surface area contributed by atoms with Gasteiger partial charge in [-0.2, -0.15) is 0 Å². The quantitative estimate of drug-likeness (QED) is 0.0261. The molecule has 1 atom stereocenters. The van der Waals surface area contributed by atoms with E-state index in [-0.39, 0.29) is 44.0 Å². The van der Waals surface area contributed by atoms with Crippen LogP contribution in [0.4, 0.5) is 0 Å². The molecule has 0 fully saturated rings. The molecule has 0 amide bonds. The smallest absolute Gasteiger partial charge is 0.306 e. The first-order valence-corrected chi connectivity index (χ1v) is 30.9. The normalized spacial score (nSPS) is 12.9. The van der Waals surface area contributed by atoms with E-state index >= 15 is 0 Å². The molecular formula is C68H114O6. The summed E-state index contributed by atoms with van der Waals surface area (Å²) in [5.41, 5.74) is 0. The van der Waals surface area contributed by atoms with Gasteiger partial charge in [-0.05, 0) is 83.5 Å². The number of hydrogen-bond donors (Lipinski definition) is 0. The highest BCUT2D eigenvalue weighted by molar-refractivity contribution is 5.71. The monoisotopic (exact) mass is 1030 g/mol. The zero-order valence-corrected chi connectivity index (χ0v) is 48.3. The molecule has 0 aromatic rings. The maximum atomic E-state index is 12.8. The zero-order valence-electron chi connectivity index (χ0n) is 48.3. The third-order valence-electron chi connectivity index (χ3n) is 13.0. The number of carbonyl (C=O) groups is 3. The molecule has 0 aromatic carbocycles. The molecule has 0 aliphatic rings. The molecule has 74 heavy (non-hydrogen) atoms. The summed E-state index contributed by atoms with van der Waals surface area (Å²) in [7, 11) is 0. The van der Waals surface area contributed by atoms with Crippen LogP contribution in [0.2, 0.25) is 0 Å². The van der Waals surface area contributed by atoms with Crippen molar-refractivity contribution >= 4 is 17.9 Å². The van der Waals surface area contributed by atoms with E-state index in [0.717, 1.165) is 83.5 Å². The minimum atomic E-state index is -0.838. The van der Waals surface area contributed by atoms with E-state index in [1.165, 1.54) is 148 Å². The molecule has 0 heterocycles. The van der Waals surface area contributed by atoms with E-state index in [1.54, 1.807) is 0 Å². The molecule has 1 unspecified atom stereocenters. The van der Waals surface area contributed by atoms with Crippen LogP contribution in [0.5, 0.6) is 0 Å². The van der Waals surface area contributed by atoms with Gasteiger partial charge in [-0.1, -0.05) is 291 Å². The van der Waals surface area contributed by atoms with Gasteiger partial charge in [0.15, 0.2) is 6.10 Å². The van der Waals surface area contributed by atoms with Gasteiger partial charge >= 0.3 is 17.9 Å². The number of carbonyl (C=O) groups excluding carboxylic acids is 3. The van der Waals surface area contributed by atoms with Gasteiger partial charge < -0.3 is 14.2 Å². The van der Waals surface area contributed by atoms with Crippen LogP contribution in [0.25, 0.3) is 0 Å². The van der Waals surface area contributed by atoms with Crippen LogP contribution in [-0.4, -0.2) is 37.2 Å². The Bertz CT molecular complexity index is 1510. The Morgan fingerprint density at radius 1 is 0.284 bits per heavy atom. The highest BCUT2D eigenvalue weighted by Gasteiger charge is 2.19. The second kappa shape index (κ2) is 61.6. The first kappa shape index (κ1) is 70.1. The van der Waals surface area contributed by atoms with Crippen molar-refractivity contribution in [2.45, 2.75) is 290 Å². The fourth-order valence-electron chi connectivity index (χ4n) is 8.49. The lowest BCUT2D eigenvalue weighted by atomic mass is 10.0. The summed E-state index contributed by atoms with van der Waals surface area (Å²) in [5.74, 6) is -1.06. The summed E-state index contributed by atoms with van der Waals surface area (Å²) in [6.07, 6.45) is 84.2. The minimum absolute atomic E-state index is 0.122. The predicted octanol–water partition coefficient (Wildman–Crippen LogP) is 21.0. The van der Waals surface area contributed by atoms with E-state index in [2.05, 4.69) is 118 Å². The lowest BCUT2D eigenvalue weighted by Crippen LogP contribution is -2.30. The molecule has 6 nitrogen and oxygen atoms in total. The highest BCUT2D eigenvalue weighted by Crippen LogP contribution is 2.17. The topological polar surface area (TPSA) is 78.9 Å². The van der Waals surface area contributed by atoms with Gasteiger partial charge in [0, 0.05) is 19.3 Å². The van der Waals surface area contributed by atoms with Crippen molar-refractivity contribution in [3.05, 3.63) is 109 Å². The molecule has 422 valence electrons. The molecular weight excluding hydrogens is 913 g/mol. The summed E-state index contributed by atoms with van der Waals surface area (Å²) in [5, 5.41) is 0. The third kappa shape index (κ3) is 59.0. The average Bonchev–Trinajstić information content (AvgIpc) is 3.40. The van der Waals surface area contributed by atoms with E-state index in [0.29, 0.717) is 19.3 Å². The van der Waals surface area contributed by atoms with Crippen LogP contribution >= 0.6 is 0 Å². The molecule has 0 aliphatic heterocycles. The lowest BCUT2D eigenvalue weighted by Gasteiger charge is -2.18. The van der Waals surface area contributed by atoms with Crippen LogP contribution in [-0.2, 0) is 28.6 Å². The molecule has 0 aliphatic carbocycles. The van der Waals surface area contributed by atoms with E-state index < -0.39 is 6.10 Å². The van der Waals surface area contributed by atoms with Crippen LogP contribution in [0, 0.1) is 0 Å². The maximum absolute atomic E-state index is 12.8. The second-order valence-corrected chi connectivity index (χ2v) is 20.2. The predicted molar refractivity (Wildman–Crippen MR) is 320 cm³/mol. The Labute approximate surface area is 457 Å². The van der Waals surface area contributed by atoms with Crippen molar-refractivity contribution in [2.75, 3.05) is 13.2 Å². The van der Waals surface area contributed by atoms with Gasteiger partial charge in [-0.25, -0.2) is 0 Å². The molecule has 0 saturated heterocycles. The van der Waals surface area contributed by atoms with Gasteiger partial charge in [0.25, 0.3) is 0 Å². The molecule has 6 heteroatoms. The highest BCUT2D eigenvalue weighted by atomic mass is 16.6. The van der Waals surface area contributed by atoms with E-state index in [1.807, 2.05) is 12.2 Å². The molecule has 0 radical (unpaired) electrons. The zero-order chi connectivity index (χ0) is 53.6. The molecule has 0 bridgehead atoms. The number of esters is 3. The number of allylic oxidation sites excluding steroid dienone is 18. The largest absolute Gasteiger partial charge is 0.462 e. The first-order chi connectivity index (χ1) is 36.5. The van der Waals surface area contributed by atoms with Gasteiger partial charge in [0.2, 0.25) is 0 Å². The van der Waals surface area contributed by atoms with E-state index in [9.17, 15) is 14.4 Å². The fourth-order valence-corrected chi connectivity index (χ4v) is 8.49. The number of unbranched alkanes of at least 4 members (excludes halogenated alkanes) is 26. The molecule has 0 saturated carbocycles. The standard InChI is InChI=1S/C68H114O6/c1-4-7-10-13-16-19-22-25-27-29-30-31-32-33-34-35-36-37-39-40-43-46-49-52-55-58-61-67(70)73-64-65(63-72-66(69)60-57-54-51-48-45-42-24-21-18-15-12-9-6-3)74-68(71)62-59-56-53-50-47-44-41-38-28-26-23-20-17-14-11-8-5-2/h8-9,11-12,17-18,20-21,26,28,41-42,44-45,50-51,53-54,65H,4-7,10,13-16,19,22-25,27,29-40,43,46-49,52,55-64H2,1-3H3/b11-8-,12-9-,20-17-,21-18-,28-26-,44-41-,45-42-,53-50-,54-51-. The van der Waals surface area contributed by atoms with Crippen molar-refractivity contribution in [2.24, 2.45) is 0 Å². The van der Waals surface area contributed by atoms with Crippen LogP contribution in [0.1, 0.15) is 284 Å². The molecule has 0 spiro atoms. The Morgan fingerprint density at radius 2 is 0.554 bits per heavy atom. The van der Waals surface area contributed by atoms with Gasteiger partial charge in [-0.3, -0.25) is 14.4 Å². The van der Waals surface area contributed by atoms with Crippen LogP contribution in [0.15, 0.2) is 109 Å². The van der Waals surface area contributed by atoms with E-state index in [4.69, 9.17) is 14.2 Å². The minimum Gasteiger partial charge on any atom is -0.462 e. The number of ether oxygens (including phenoxy) is 3. The van der Waals surface area contributed by atoms with Crippen LogP contribution in [0.3, 0.4) is 0 Å². The summed E-state index contributed by atoms with van der Waals surface area (Å²) in [6, 6.07) is 0. The fraction of sp³-hybridized carbons (Fsp3) is 0.691. The van der Waals surface area contributed by atoms with Crippen LogP contribution < -0.4 is 0 Å². The van der Waals surface area contributed by atoms with Crippen molar-refractivity contribution in [3.8, 4) is 0 Å². The Hall–Kier alpha value is -3.93. The molecule has 0 N–H and O–H groups in total. The number of hydrogen-bond acceptors (Lipinski definition) is 6. The van der Waals surface area contributed by atoms with Gasteiger partial charge in [-0.15, -0.1) is 0 Å². The first-order valence-electron chi connectivity index (χ1n) is 30.9. The average molecular weight is 1030 g/mol. The SMILES string of the molecule is CC/C=C\C/C=C\C/C=C\C/C=C\C/C=C\CCCC(=O)OC(COC(=O)CC/C=C\C/C=C\C/C=C\C/C=C\CC)COC(=O)CCCCCCCCCCCCCCCCCCCCCCCCCCCC. The Balaban J connectivity index is 4.36. The second-order valence-electron chi connectivity index (χ2n) is 20.2. The molecule has 0 aromatic heterocycles.